The third-order valence-corrected chi connectivity index (χ3v) is 3.49. The lowest BCUT2D eigenvalue weighted by atomic mass is 9.98. The van der Waals surface area contributed by atoms with Crippen LogP contribution in [0.3, 0.4) is 0 Å². The summed E-state index contributed by atoms with van der Waals surface area (Å²) in [6.07, 6.45) is -0.0539. The minimum Gasteiger partial charge on any atom is -0.480 e. The molecule has 1 saturated heterocycles. The highest BCUT2D eigenvalue weighted by atomic mass is 16.5. The van der Waals surface area contributed by atoms with Crippen molar-refractivity contribution in [1.82, 2.24) is 4.90 Å². The molecule has 0 aromatic heterocycles. The zero-order valence-corrected chi connectivity index (χ0v) is 10.7. The average molecular weight is 249 g/mol. The van der Waals surface area contributed by atoms with Gasteiger partial charge >= 0.3 is 5.97 Å². The molecule has 0 saturated carbocycles. The van der Waals surface area contributed by atoms with Crippen LogP contribution in [0.2, 0.25) is 0 Å². The molecule has 0 unspecified atom stereocenters. The molecule has 4 nitrogen and oxygen atoms in total. The summed E-state index contributed by atoms with van der Waals surface area (Å²) in [6, 6.07) is 10.2. The van der Waals surface area contributed by atoms with Gasteiger partial charge in [0.25, 0.3) is 0 Å². The lowest BCUT2D eigenvalue weighted by molar-refractivity contribution is -0.146. The van der Waals surface area contributed by atoms with Gasteiger partial charge in [0.05, 0.1) is 19.3 Å². The van der Waals surface area contributed by atoms with Gasteiger partial charge in [-0.05, 0) is 19.4 Å². The predicted molar refractivity (Wildman–Crippen MR) is 68.4 cm³/mol. The summed E-state index contributed by atoms with van der Waals surface area (Å²) in [5.41, 5.74) is 1.10. The summed E-state index contributed by atoms with van der Waals surface area (Å²) in [6.45, 7) is 4.66. The Morgan fingerprint density at radius 3 is 2.67 bits per heavy atom. The highest BCUT2D eigenvalue weighted by Gasteiger charge is 2.34. The maximum Gasteiger partial charge on any atom is 0.317 e. The Bertz CT molecular complexity index is 407. The van der Waals surface area contributed by atoms with E-state index in [1.54, 1.807) is 0 Å². The number of ether oxygens (including phenoxy) is 1. The molecule has 4 heteroatoms. The third kappa shape index (κ3) is 2.71. The normalized spacial score (nSPS) is 29.1. The number of morpholine rings is 1. The fourth-order valence-electron chi connectivity index (χ4n) is 2.53. The van der Waals surface area contributed by atoms with Crippen LogP contribution in [0.1, 0.15) is 25.5 Å². The molecular weight excluding hydrogens is 230 g/mol. The van der Waals surface area contributed by atoms with Gasteiger partial charge in [-0.1, -0.05) is 30.3 Å². The van der Waals surface area contributed by atoms with E-state index in [1.165, 1.54) is 0 Å². The van der Waals surface area contributed by atoms with Crippen molar-refractivity contribution in [3.05, 3.63) is 35.9 Å². The van der Waals surface area contributed by atoms with Gasteiger partial charge in [-0.15, -0.1) is 0 Å². The van der Waals surface area contributed by atoms with E-state index in [9.17, 15) is 4.79 Å². The molecule has 18 heavy (non-hydrogen) atoms. The first-order valence-corrected chi connectivity index (χ1v) is 6.23. The van der Waals surface area contributed by atoms with Crippen LogP contribution in [0, 0.1) is 0 Å². The van der Waals surface area contributed by atoms with Crippen molar-refractivity contribution in [3.63, 3.8) is 0 Å². The first-order chi connectivity index (χ1) is 8.59. The number of aliphatic carboxylic acids is 1. The maximum absolute atomic E-state index is 10.9. The van der Waals surface area contributed by atoms with E-state index < -0.39 is 5.97 Å². The lowest BCUT2D eigenvalue weighted by Gasteiger charge is -2.43. The predicted octanol–water partition coefficient (Wildman–Crippen LogP) is 1.92. The molecule has 0 radical (unpaired) electrons. The van der Waals surface area contributed by atoms with Gasteiger partial charge in [-0.2, -0.15) is 0 Å². The van der Waals surface area contributed by atoms with Crippen LogP contribution < -0.4 is 0 Å². The first kappa shape index (κ1) is 13.1. The second-order valence-electron chi connectivity index (χ2n) is 4.82. The van der Waals surface area contributed by atoms with Crippen LogP contribution in [-0.4, -0.2) is 41.2 Å². The number of carbonyl (C=O) groups is 1. The Morgan fingerprint density at radius 1 is 1.39 bits per heavy atom. The van der Waals surface area contributed by atoms with E-state index in [-0.39, 0.29) is 24.7 Å². The molecule has 3 atom stereocenters. The molecule has 1 fully saturated rings. The number of carboxylic acids is 1. The number of hydrogen-bond acceptors (Lipinski definition) is 3. The molecule has 1 N–H and O–H groups in total. The molecule has 98 valence electrons. The van der Waals surface area contributed by atoms with E-state index in [0.717, 1.165) is 5.56 Å². The SMILES string of the molecule is C[C@@H]1CO[C@H](c2ccccc2)[C@H](C)N1CC(=O)O. The molecular formula is C14H19NO3. The fraction of sp³-hybridized carbons (Fsp3) is 0.500. The van der Waals surface area contributed by atoms with Crippen LogP contribution in [0.25, 0.3) is 0 Å². The molecule has 1 aliphatic heterocycles. The summed E-state index contributed by atoms with van der Waals surface area (Å²) < 4.78 is 5.87. The van der Waals surface area contributed by atoms with Crippen LogP contribution >= 0.6 is 0 Å². The largest absolute Gasteiger partial charge is 0.480 e. The van der Waals surface area contributed by atoms with E-state index in [0.29, 0.717) is 6.61 Å². The van der Waals surface area contributed by atoms with Gasteiger partial charge in [0.2, 0.25) is 0 Å². The minimum atomic E-state index is -0.789. The van der Waals surface area contributed by atoms with E-state index in [2.05, 4.69) is 0 Å². The van der Waals surface area contributed by atoms with E-state index in [1.807, 2.05) is 49.1 Å². The molecule has 1 aliphatic rings. The molecule has 1 aromatic rings. The lowest BCUT2D eigenvalue weighted by Crippen LogP contribution is -2.52. The molecule has 0 bridgehead atoms. The summed E-state index contributed by atoms with van der Waals surface area (Å²) in [7, 11) is 0. The number of carboxylic acid groups (broad SMARTS) is 1. The summed E-state index contributed by atoms with van der Waals surface area (Å²) in [4.78, 5) is 12.9. The average Bonchev–Trinajstić information content (AvgIpc) is 2.35. The Labute approximate surface area is 107 Å². The van der Waals surface area contributed by atoms with Gasteiger partial charge in [-0.25, -0.2) is 0 Å². The van der Waals surface area contributed by atoms with Crippen LogP contribution in [0.4, 0.5) is 0 Å². The number of hydrogen-bond donors (Lipinski definition) is 1. The molecule has 0 spiro atoms. The third-order valence-electron chi connectivity index (χ3n) is 3.49. The monoisotopic (exact) mass is 249 g/mol. The van der Waals surface area contributed by atoms with Gasteiger partial charge in [0.15, 0.2) is 0 Å². The zero-order chi connectivity index (χ0) is 13.1. The number of nitrogens with zero attached hydrogens (tertiary/aromatic N) is 1. The van der Waals surface area contributed by atoms with Crippen molar-refractivity contribution in [2.24, 2.45) is 0 Å². The highest BCUT2D eigenvalue weighted by molar-refractivity contribution is 5.69. The Hall–Kier alpha value is -1.39. The maximum atomic E-state index is 10.9. The fourth-order valence-corrected chi connectivity index (χ4v) is 2.53. The molecule has 0 amide bonds. The van der Waals surface area contributed by atoms with Crippen molar-refractivity contribution < 1.29 is 14.6 Å². The van der Waals surface area contributed by atoms with Gasteiger partial charge < -0.3 is 9.84 Å². The Morgan fingerprint density at radius 2 is 2.06 bits per heavy atom. The van der Waals surface area contributed by atoms with Crippen molar-refractivity contribution >= 4 is 5.97 Å². The van der Waals surface area contributed by atoms with Crippen LogP contribution in [0.15, 0.2) is 30.3 Å². The number of rotatable bonds is 3. The molecule has 1 heterocycles. The molecule has 0 aliphatic carbocycles. The molecule has 1 aromatic carbocycles. The van der Waals surface area contributed by atoms with E-state index in [4.69, 9.17) is 9.84 Å². The molecule has 2 rings (SSSR count). The van der Waals surface area contributed by atoms with E-state index >= 15 is 0 Å². The van der Waals surface area contributed by atoms with Gasteiger partial charge in [0.1, 0.15) is 0 Å². The van der Waals surface area contributed by atoms with Crippen molar-refractivity contribution in [2.75, 3.05) is 13.2 Å². The second-order valence-corrected chi connectivity index (χ2v) is 4.82. The van der Waals surface area contributed by atoms with Crippen molar-refractivity contribution in [2.45, 2.75) is 32.0 Å². The van der Waals surface area contributed by atoms with Gasteiger partial charge in [-0.3, -0.25) is 9.69 Å². The smallest absolute Gasteiger partial charge is 0.317 e. The summed E-state index contributed by atoms with van der Waals surface area (Å²) in [5.74, 6) is -0.789. The summed E-state index contributed by atoms with van der Waals surface area (Å²) in [5, 5.41) is 8.98. The first-order valence-electron chi connectivity index (χ1n) is 6.23. The Kier molecular flexibility index (Phi) is 3.99. The minimum absolute atomic E-state index is 0.0539. The standard InChI is InChI=1S/C14H19NO3/c1-10-9-18-14(12-6-4-3-5-7-12)11(2)15(10)8-13(16)17/h3-7,10-11,14H,8-9H2,1-2H3,(H,16,17)/t10-,11+,14+/m1/s1. The topological polar surface area (TPSA) is 49.8 Å². The van der Waals surface area contributed by atoms with Crippen LogP contribution in [0.5, 0.6) is 0 Å². The zero-order valence-electron chi connectivity index (χ0n) is 10.7. The van der Waals surface area contributed by atoms with Crippen LogP contribution in [-0.2, 0) is 9.53 Å². The highest BCUT2D eigenvalue weighted by Crippen LogP contribution is 2.30. The van der Waals surface area contributed by atoms with Gasteiger partial charge in [0, 0.05) is 12.1 Å². The quantitative estimate of drug-likeness (QED) is 0.889. The van der Waals surface area contributed by atoms with Crippen molar-refractivity contribution in [1.29, 1.82) is 0 Å². The number of benzene rings is 1. The second kappa shape index (κ2) is 5.50. The summed E-state index contributed by atoms with van der Waals surface area (Å²) >= 11 is 0. The Balaban J connectivity index is 2.17. The van der Waals surface area contributed by atoms with Crippen molar-refractivity contribution in [3.8, 4) is 0 Å².